The highest BCUT2D eigenvalue weighted by Gasteiger charge is 2.22. The Morgan fingerprint density at radius 1 is 1.06 bits per heavy atom. The summed E-state index contributed by atoms with van der Waals surface area (Å²) in [7, 11) is 5.17. The SMILES string of the molecule is COc1ccc(CCN(C)c2cc(Cl)nc(SCC(=O)N3CCN(C(C)=O)CC3)n2)cc1OC. The van der Waals surface area contributed by atoms with Gasteiger partial charge in [-0.2, -0.15) is 0 Å². The van der Waals surface area contributed by atoms with Crippen molar-refractivity contribution in [2.45, 2.75) is 18.5 Å². The Morgan fingerprint density at radius 3 is 2.38 bits per heavy atom. The summed E-state index contributed by atoms with van der Waals surface area (Å²) in [5.74, 6) is 2.33. The van der Waals surface area contributed by atoms with Crippen LogP contribution in [0.25, 0.3) is 0 Å². The summed E-state index contributed by atoms with van der Waals surface area (Å²) in [6.45, 7) is 4.46. The molecule has 184 valence electrons. The molecule has 3 rings (SSSR count). The van der Waals surface area contributed by atoms with Crippen molar-refractivity contribution < 1.29 is 19.1 Å². The number of carbonyl (C=O) groups is 2. The number of benzene rings is 1. The molecule has 34 heavy (non-hydrogen) atoms. The molecule has 2 aromatic rings. The van der Waals surface area contributed by atoms with Crippen molar-refractivity contribution in [1.29, 1.82) is 0 Å². The van der Waals surface area contributed by atoms with E-state index in [4.69, 9.17) is 21.1 Å². The van der Waals surface area contributed by atoms with Gasteiger partial charge in [-0.15, -0.1) is 0 Å². The molecule has 1 aliphatic rings. The number of ether oxygens (including phenoxy) is 2. The monoisotopic (exact) mass is 507 g/mol. The van der Waals surface area contributed by atoms with E-state index in [1.54, 1.807) is 37.0 Å². The minimum absolute atomic E-state index is 0.000125. The minimum atomic E-state index is 0.000125. The number of amides is 2. The quantitative estimate of drug-likeness (QED) is 0.291. The van der Waals surface area contributed by atoms with Crippen LogP contribution in [0.5, 0.6) is 11.5 Å². The third-order valence-electron chi connectivity index (χ3n) is 5.64. The molecule has 0 saturated carbocycles. The van der Waals surface area contributed by atoms with Gasteiger partial charge in [0.15, 0.2) is 16.7 Å². The molecule has 0 aliphatic carbocycles. The van der Waals surface area contributed by atoms with Crippen LogP contribution in [0.2, 0.25) is 5.15 Å². The van der Waals surface area contributed by atoms with Crippen LogP contribution in [-0.4, -0.2) is 91.3 Å². The molecule has 0 radical (unpaired) electrons. The number of hydrogen-bond donors (Lipinski definition) is 0. The van der Waals surface area contributed by atoms with Crippen LogP contribution in [0.4, 0.5) is 5.82 Å². The predicted octanol–water partition coefficient (Wildman–Crippen LogP) is 2.61. The Hall–Kier alpha value is -2.72. The van der Waals surface area contributed by atoms with Crippen LogP contribution in [0.15, 0.2) is 29.4 Å². The van der Waals surface area contributed by atoms with Crippen LogP contribution in [0, 0.1) is 0 Å². The van der Waals surface area contributed by atoms with Crippen LogP contribution in [0.1, 0.15) is 12.5 Å². The molecule has 1 saturated heterocycles. The summed E-state index contributed by atoms with van der Waals surface area (Å²) in [6.07, 6.45) is 0.770. The largest absolute Gasteiger partial charge is 0.493 e. The predicted molar refractivity (Wildman–Crippen MR) is 133 cm³/mol. The van der Waals surface area contributed by atoms with E-state index in [1.807, 2.05) is 30.1 Å². The van der Waals surface area contributed by atoms with Gasteiger partial charge in [0.1, 0.15) is 11.0 Å². The van der Waals surface area contributed by atoms with E-state index in [0.29, 0.717) is 60.4 Å². The molecule has 1 aromatic carbocycles. The lowest BCUT2D eigenvalue weighted by Crippen LogP contribution is -2.50. The van der Waals surface area contributed by atoms with Crippen molar-refractivity contribution in [3.63, 3.8) is 0 Å². The standard InChI is InChI=1S/C23H30ClN5O4S/c1-16(30)28-9-11-29(12-10-28)22(31)15-34-23-25-20(24)14-21(26-23)27(2)8-7-17-5-6-18(32-3)19(13-17)33-4/h5-6,13-14H,7-12,15H2,1-4H3. The number of rotatable bonds is 9. The number of thioether (sulfide) groups is 1. The topological polar surface area (TPSA) is 88.1 Å². The van der Waals surface area contributed by atoms with E-state index in [1.165, 1.54) is 11.8 Å². The van der Waals surface area contributed by atoms with Crippen molar-refractivity contribution >= 4 is 41.0 Å². The first-order valence-corrected chi connectivity index (χ1v) is 12.3. The van der Waals surface area contributed by atoms with E-state index in [0.717, 1.165) is 12.0 Å². The van der Waals surface area contributed by atoms with Gasteiger partial charge in [-0.25, -0.2) is 9.97 Å². The first-order valence-electron chi connectivity index (χ1n) is 10.9. The Bertz CT molecular complexity index is 1020. The molecule has 9 nitrogen and oxygen atoms in total. The molecule has 0 atom stereocenters. The second kappa shape index (κ2) is 12.1. The highest BCUT2D eigenvalue weighted by molar-refractivity contribution is 7.99. The van der Waals surface area contributed by atoms with E-state index < -0.39 is 0 Å². The average Bonchev–Trinajstić information content (AvgIpc) is 2.85. The van der Waals surface area contributed by atoms with E-state index in [9.17, 15) is 9.59 Å². The summed E-state index contributed by atoms with van der Waals surface area (Å²) >= 11 is 7.50. The first kappa shape index (κ1) is 25.9. The van der Waals surface area contributed by atoms with Gasteiger partial charge >= 0.3 is 0 Å². The zero-order chi connectivity index (χ0) is 24.7. The second-order valence-corrected chi connectivity index (χ2v) is 9.20. The zero-order valence-electron chi connectivity index (χ0n) is 19.9. The number of methoxy groups -OCH3 is 2. The fourth-order valence-electron chi connectivity index (χ4n) is 3.58. The number of nitrogens with zero attached hydrogens (tertiary/aromatic N) is 5. The van der Waals surface area contributed by atoms with Crippen LogP contribution >= 0.6 is 23.4 Å². The summed E-state index contributed by atoms with van der Waals surface area (Å²) in [5.41, 5.74) is 1.11. The van der Waals surface area contributed by atoms with Gasteiger partial charge in [-0.1, -0.05) is 29.4 Å². The molecule has 1 fully saturated rings. The van der Waals surface area contributed by atoms with Gasteiger partial charge < -0.3 is 24.2 Å². The lowest BCUT2D eigenvalue weighted by molar-refractivity contribution is -0.136. The number of anilines is 1. The summed E-state index contributed by atoms with van der Waals surface area (Å²) in [4.78, 5) is 38.4. The maximum absolute atomic E-state index is 12.6. The molecule has 2 heterocycles. The smallest absolute Gasteiger partial charge is 0.233 e. The normalized spacial score (nSPS) is 13.6. The molecule has 1 aromatic heterocycles. The Morgan fingerprint density at radius 2 is 1.74 bits per heavy atom. The number of carbonyl (C=O) groups excluding carboxylic acids is 2. The van der Waals surface area contributed by atoms with Crippen molar-refractivity contribution in [2.75, 3.05) is 64.6 Å². The third-order valence-corrected chi connectivity index (χ3v) is 6.66. The fourth-order valence-corrected chi connectivity index (χ4v) is 4.57. The van der Waals surface area contributed by atoms with Crippen LogP contribution < -0.4 is 14.4 Å². The van der Waals surface area contributed by atoms with Crippen molar-refractivity contribution in [3.8, 4) is 11.5 Å². The molecule has 0 bridgehead atoms. The molecule has 0 unspecified atom stereocenters. The molecule has 1 aliphatic heterocycles. The van der Waals surface area contributed by atoms with Crippen molar-refractivity contribution in [2.24, 2.45) is 0 Å². The third kappa shape index (κ3) is 6.89. The number of halogens is 1. The van der Waals surface area contributed by atoms with Gasteiger partial charge in [0, 0.05) is 52.8 Å². The van der Waals surface area contributed by atoms with Gasteiger partial charge in [-0.3, -0.25) is 9.59 Å². The average molecular weight is 508 g/mol. The molecule has 0 N–H and O–H groups in total. The van der Waals surface area contributed by atoms with Crippen LogP contribution in [0.3, 0.4) is 0 Å². The number of aromatic nitrogens is 2. The highest BCUT2D eigenvalue weighted by Crippen LogP contribution is 2.28. The Labute approximate surface area is 209 Å². The molecular weight excluding hydrogens is 478 g/mol. The zero-order valence-corrected chi connectivity index (χ0v) is 21.5. The number of likely N-dealkylation sites (N-methyl/N-ethyl adjacent to an activating group) is 1. The number of piperazine rings is 1. The lowest BCUT2D eigenvalue weighted by Gasteiger charge is -2.34. The van der Waals surface area contributed by atoms with E-state index in [2.05, 4.69) is 9.97 Å². The minimum Gasteiger partial charge on any atom is -0.493 e. The lowest BCUT2D eigenvalue weighted by atomic mass is 10.1. The van der Waals surface area contributed by atoms with Gasteiger partial charge in [0.2, 0.25) is 11.8 Å². The summed E-state index contributed by atoms with van der Waals surface area (Å²) < 4.78 is 10.7. The summed E-state index contributed by atoms with van der Waals surface area (Å²) in [5, 5.41) is 0.782. The van der Waals surface area contributed by atoms with E-state index in [-0.39, 0.29) is 17.6 Å². The molecule has 2 amide bonds. The van der Waals surface area contributed by atoms with Crippen molar-refractivity contribution in [1.82, 2.24) is 19.8 Å². The van der Waals surface area contributed by atoms with Crippen LogP contribution in [-0.2, 0) is 16.0 Å². The maximum Gasteiger partial charge on any atom is 0.233 e. The first-order chi connectivity index (χ1) is 16.3. The molecular formula is C23H30ClN5O4S. The highest BCUT2D eigenvalue weighted by atomic mass is 35.5. The van der Waals surface area contributed by atoms with Gasteiger partial charge in [0.25, 0.3) is 0 Å². The molecule has 11 heteroatoms. The fraction of sp³-hybridized carbons (Fsp3) is 0.478. The Kier molecular flexibility index (Phi) is 9.23. The Balaban J connectivity index is 1.56. The van der Waals surface area contributed by atoms with E-state index >= 15 is 0 Å². The molecule has 0 spiro atoms. The second-order valence-electron chi connectivity index (χ2n) is 7.87. The summed E-state index contributed by atoms with van der Waals surface area (Å²) in [6, 6.07) is 7.57. The van der Waals surface area contributed by atoms with Crippen molar-refractivity contribution in [3.05, 3.63) is 35.0 Å². The van der Waals surface area contributed by atoms with Gasteiger partial charge in [0.05, 0.1) is 20.0 Å². The van der Waals surface area contributed by atoms with Gasteiger partial charge in [-0.05, 0) is 24.1 Å². The maximum atomic E-state index is 12.6. The number of hydrogen-bond acceptors (Lipinski definition) is 8.